The Bertz CT molecular complexity index is 627. The fourth-order valence-corrected chi connectivity index (χ4v) is 2.95. The van der Waals surface area contributed by atoms with Gasteiger partial charge in [-0.25, -0.2) is 0 Å². The van der Waals surface area contributed by atoms with Crippen LogP contribution in [0.15, 0.2) is 65.2 Å². The molecule has 1 heterocycles. The Morgan fingerprint density at radius 3 is 2.05 bits per heavy atom. The summed E-state index contributed by atoms with van der Waals surface area (Å²) < 4.78 is 6.99. The molecule has 0 aromatic heterocycles. The topological polar surface area (TPSA) is 9.23 Å². The molecule has 1 nitrogen and oxygen atoms in total. The van der Waals surface area contributed by atoms with E-state index < -0.39 is 0 Å². The number of rotatable bonds is 2. The van der Waals surface area contributed by atoms with Gasteiger partial charge in [-0.3, -0.25) is 0 Å². The highest BCUT2D eigenvalue weighted by atomic mass is 79.9. The van der Waals surface area contributed by atoms with Crippen molar-refractivity contribution in [3.05, 3.63) is 70.7 Å². The summed E-state index contributed by atoms with van der Waals surface area (Å²) in [7, 11) is 0. The highest BCUT2D eigenvalue weighted by Gasteiger charge is 2.33. The van der Waals surface area contributed by atoms with Crippen molar-refractivity contribution < 1.29 is 4.74 Å². The Morgan fingerprint density at radius 1 is 1.00 bits per heavy atom. The molecule has 0 N–H and O–H groups in total. The summed E-state index contributed by atoms with van der Waals surface area (Å²) in [5, 5.41) is 0. The van der Waals surface area contributed by atoms with Gasteiger partial charge in [-0.2, -0.15) is 0 Å². The first-order chi connectivity index (χ1) is 9.57. The summed E-state index contributed by atoms with van der Waals surface area (Å²) in [6.45, 7) is 6.83. The fraction of sp³-hybridized carbons (Fsp3) is 0.222. The molecule has 20 heavy (non-hydrogen) atoms. The van der Waals surface area contributed by atoms with Crippen LogP contribution in [0.5, 0.6) is 0 Å². The van der Waals surface area contributed by atoms with E-state index in [0.717, 1.165) is 10.9 Å². The lowest BCUT2D eigenvalue weighted by molar-refractivity contribution is 0.0177. The van der Waals surface area contributed by atoms with E-state index in [9.17, 15) is 0 Å². The molecule has 2 heteroatoms. The van der Waals surface area contributed by atoms with Crippen LogP contribution in [0.4, 0.5) is 0 Å². The van der Waals surface area contributed by atoms with Crippen molar-refractivity contribution in [2.75, 3.05) is 6.61 Å². The zero-order valence-corrected chi connectivity index (χ0v) is 13.1. The van der Waals surface area contributed by atoms with Crippen LogP contribution < -0.4 is 0 Å². The Morgan fingerprint density at radius 2 is 1.55 bits per heavy atom. The highest BCUT2D eigenvalue weighted by Crippen LogP contribution is 2.38. The molecule has 0 saturated carbocycles. The van der Waals surface area contributed by atoms with Gasteiger partial charge < -0.3 is 4.74 Å². The van der Waals surface area contributed by atoms with Crippen molar-refractivity contribution in [1.29, 1.82) is 0 Å². The molecular weight excluding hydrogens is 312 g/mol. The van der Waals surface area contributed by atoms with Gasteiger partial charge in [0.05, 0.1) is 12.2 Å². The lowest BCUT2D eigenvalue weighted by Crippen LogP contribution is -2.19. The van der Waals surface area contributed by atoms with Crippen molar-refractivity contribution in [1.82, 2.24) is 0 Å². The molecule has 1 saturated heterocycles. The fourth-order valence-electron chi connectivity index (χ4n) is 2.68. The molecule has 1 atom stereocenters. The van der Waals surface area contributed by atoms with E-state index in [1.54, 1.807) is 0 Å². The molecule has 0 aliphatic carbocycles. The van der Waals surface area contributed by atoms with Gasteiger partial charge in [-0.05, 0) is 41.3 Å². The monoisotopic (exact) mass is 328 g/mol. The van der Waals surface area contributed by atoms with Crippen LogP contribution in [-0.4, -0.2) is 6.61 Å². The summed E-state index contributed by atoms with van der Waals surface area (Å²) in [6, 6.07) is 17.0. The molecule has 1 aliphatic heterocycles. The smallest absolute Gasteiger partial charge is 0.0945 e. The Labute approximate surface area is 128 Å². The maximum Gasteiger partial charge on any atom is 0.0945 e. The van der Waals surface area contributed by atoms with Crippen LogP contribution >= 0.6 is 15.9 Å². The minimum Gasteiger partial charge on any atom is -0.366 e. The van der Waals surface area contributed by atoms with E-state index in [1.165, 1.54) is 22.3 Å². The Balaban J connectivity index is 1.88. The second-order valence-corrected chi connectivity index (χ2v) is 6.45. The maximum absolute atomic E-state index is 5.89. The molecule has 2 aromatic carbocycles. The number of benzene rings is 2. The molecule has 3 rings (SSSR count). The molecule has 1 fully saturated rings. The number of hydrogen-bond donors (Lipinski definition) is 0. The lowest BCUT2D eigenvalue weighted by atomic mass is 9.90. The molecule has 2 aromatic rings. The molecule has 0 amide bonds. The minimum absolute atomic E-state index is 0.213. The van der Waals surface area contributed by atoms with E-state index in [0.29, 0.717) is 6.61 Å². The SMILES string of the molecule is C=C1CO[C@@](C)(c2ccc(-c3ccc(Br)cc3)cc2)C1. The van der Waals surface area contributed by atoms with E-state index in [4.69, 9.17) is 4.74 Å². The van der Waals surface area contributed by atoms with Crippen LogP contribution in [-0.2, 0) is 10.3 Å². The summed E-state index contributed by atoms with van der Waals surface area (Å²) in [6.07, 6.45) is 0.907. The van der Waals surface area contributed by atoms with Crippen LogP contribution in [0.1, 0.15) is 18.9 Å². The number of halogens is 1. The largest absolute Gasteiger partial charge is 0.366 e. The third-order valence-electron chi connectivity index (χ3n) is 3.86. The molecule has 102 valence electrons. The number of hydrogen-bond acceptors (Lipinski definition) is 1. The summed E-state index contributed by atoms with van der Waals surface area (Å²) in [5.74, 6) is 0. The average Bonchev–Trinajstić information content (AvgIpc) is 2.81. The summed E-state index contributed by atoms with van der Waals surface area (Å²) in [4.78, 5) is 0. The maximum atomic E-state index is 5.89. The van der Waals surface area contributed by atoms with E-state index >= 15 is 0 Å². The minimum atomic E-state index is -0.213. The molecule has 0 unspecified atom stereocenters. The van der Waals surface area contributed by atoms with Crippen molar-refractivity contribution in [3.63, 3.8) is 0 Å². The normalized spacial score (nSPS) is 22.2. The summed E-state index contributed by atoms with van der Waals surface area (Å²) >= 11 is 3.46. The number of ether oxygens (including phenoxy) is 1. The van der Waals surface area contributed by atoms with Gasteiger partial charge in [-0.15, -0.1) is 0 Å². The highest BCUT2D eigenvalue weighted by molar-refractivity contribution is 9.10. The van der Waals surface area contributed by atoms with Crippen molar-refractivity contribution in [2.24, 2.45) is 0 Å². The molecule has 0 spiro atoms. The van der Waals surface area contributed by atoms with Gasteiger partial charge >= 0.3 is 0 Å². The van der Waals surface area contributed by atoms with E-state index in [1.807, 2.05) is 0 Å². The Hall–Kier alpha value is -1.38. The van der Waals surface area contributed by atoms with E-state index in [2.05, 4.69) is 78.0 Å². The van der Waals surface area contributed by atoms with Crippen molar-refractivity contribution >= 4 is 15.9 Å². The van der Waals surface area contributed by atoms with Crippen LogP contribution in [0.3, 0.4) is 0 Å². The van der Waals surface area contributed by atoms with Gasteiger partial charge in [0.15, 0.2) is 0 Å². The first kappa shape index (κ1) is 13.6. The lowest BCUT2D eigenvalue weighted by Gasteiger charge is -2.23. The molecule has 0 radical (unpaired) electrons. The van der Waals surface area contributed by atoms with E-state index in [-0.39, 0.29) is 5.60 Å². The second-order valence-electron chi connectivity index (χ2n) is 5.53. The first-order valence-corrected chi connectivity index (χ1v) is 7.53. The van der Waals surface area contributed by atoms with Gasteiger partial charge in [-0.1, -0.05) is 58.9 Å². The third-order valence-corrected chi connectivity index (χ3v) is 4.38. The van der Waals surface area contributed by atoms with Gasteiger partial charge in [0.2, 0.25) is 0 Å². The van der Waals surface area contributed by atoms with Gasteiger partial charge in [0.25, 0.3) is 0 Å². The van der Waals surface area contributed by atoms with Crippen LogP contribution in [0.25, 0.3) is 11.1 Å². The Kier molecular flexibility index (Phi) is 3.53. The van der Waals surface area contributed by atoms with Gasteiger partial charge in [0, 0.05) is 10.9 Å². The quantitative estimate of drug-likeness (QED) is 0.679. The molecule has 0 bridgehead atoms. The zero-order valence-electron chi connectivity index (χ0n) is 11.5. The van der Waals surface area contributed by atoms with Crippen LogP contribution in [0.2, 0.25) is 0 Å². The molecular formula is C18H17BrO. The summed E-state index contributed by atoms with van der Waals surface area (Å²) in [5.41, 5.74) is 4.62. The van der Waals surface area contributed by atoms with Crippen molar-refractivity contribution in [3.8, 4) is 11.1 Å². The van der Waals surface area contributed by atoms with Crippen molar-refractivity contribution in [2.45, 2.75) is 18.9 Å². The van der Waals surface area contributed by atoms with Gasteiger partial charge in [0.1, 0.15) is 0 Å². The predicted octanol–water partition coefficient (Wildman–Crippen LogP) is 5.31. The first-order valence-electron chi connectivity index (χ1n) is 6.74. The van der Waals surface area contributed by atoms with Crippen LogP contribution in [0, 0.1) is 0 Å². The zero-order chi connectivity index (χ0) is 14.2. The standard InChI is InChI=1S/C18H17BrO/c1-13-11-18(2,20-12-13)16-7-3-14(4-8-16)15-5-9-17(19)10-6-15/h3-10H,1,11-12H2,2H3/t18-/m1/s1. The molecule has 1 aliphatic rings. The third kappa shape index (κ3) is 2.58. The average molecular weight is 329 g/mol. The predicted molar refractivity (Wildman–Crippen MR) is 86.6 cm³/mol. The second kappa shape index (κ2) is 5.19.